The van der Waals surface area contributed by atoms with Gasteiger partial charge in [0.25, 0.3) is 0 Å². The quantitative estimate of drug-likeness (QED) is 0.907. The SMILES string of the molecule is O=C(O)c1ccc(CCN2CCC(N3CCCCC3)CC2)cc1. The normalized spacial score (nSPS) is 21.4. The zero-order valence-corrected chi connectivity index (χ0v) is 13.9. The molecule has 1 aromatic rings. The van der Waals surface area contributed by atoms with Crippen molar-refractivity contribution in [2.45, 2.75) is 44.6 Å². The van der Waals surface area contributed by atoms with Gasteiger partial charge in [-0.3, -0.25) is 0 Å². The molecule has 4 nitrogen and oxygen atoms in total. The molecule has 0 bridgehead atoms. The Kier molecular flexibility index (Phi) is 5.68. The summed E-state index contributed by atoms with van der Waals surface area (Å²) in [6, 6.07) is 8.12. The van der Waals surface area contributed by atoms with Crippen LogP contribution in [-0.2, 0) is 6.42 Å². The summed E-state index contributed by atoms with van der Waals surface area (Å²) in [7, 11) is 0. The summed E-state index contributed by atoms with van der Waals surface area (Å²) in [5.41, 5.74) is 1.60. The van der Waals surface area contributed by atoms with Crippen molar-refractivity contribution in [1.29, 1.82) is 0 Å². The highest BCUT2D eigenvalue weighted by molar-refractivity contribution is 5.87. The molecule has 1 aromatic carbocycles. The van der Waals surface area contributed by atoms with Gasteiger partial charge in [-0.05, 0) is 76.0 Å². The predicted molar refractivity (Wildman–Crippen MR) is 92.0 cm³/mol. The molecule has 0 saturated carbocycles. The number of benzene rings is 1. The minimum absolute atomic E-state index is 0.371. The van der Waals surface area contributed by atoms with Crippen LogP contribution < -0.4 is 0 Å². The summed E-state index contributed by atoms with van der Waals surface area (Å²) in [4.78, 5) is 16.1. The predicted octanol–water partition coefficient (Wildman–Crippen LogP) is 2.88. The van der Waals surface area contributed by atoms with E-state index in [4.69, 9.17) is 5.11 Å². The number of piperidine rings is 2. The van der Waals surface area contributed by atoms with Gasteiger partial charge in [-0.2, -0.15) is 0 Å². The maximum absolute atomic E-state index is 10.9. The Labute approximate surface area is 139 Å². The number of carboxylic acids is 1. The van der Waals surface area contributed by atoms with Crippen LogP contribution in [0.15, 0.2) is 24.3 Å². The molecule has 4 heteroatoms. The molecule has 126 valence electrons. The number of likely N-dealkylation sites (tertiary alicyclic amines) is 2. The van der Waals surface area contributed by atoms with Crippen LogP contribution in [0, 0.1) is 0 Å². The summed E-state index contributed by atoms with van der Waals surface area (Å²) < 4.78 is 0. The van der Waals surface area contributed by atoms with Gasteiger partial charge in [0, 0.05) is 12.6 Å². The lowest BCUT2D eigenvalue weighted by Gasteiger charge is -2.40. The van der Waals surface area contributed by atoms with Gasteiger partial charge in [0.05, 0.1) is 5.56 Å². The fourth-order valence-corrected chi connectivity index (χ4v) is 3.89. The number of aromatic carboxylic acids is 1. The summed E-state index contributed by atoms with van der Waals surface area (Å²) in [5.74, 6) is -0.851. The van der Waals surface area contributed by atoms with Crippen molar-refractivity contribution in [2.24, 2.45) is 0 Å². The lowest BCUT2D eigenvalue weighted by molar-refractivity contribution is 0.0697. The topological polar surface area (TPSA) is 43.8 Å². The number of nitrogens with zero attached hydrogens (tertiary/aromatic N) is 2. The molecular weight excluding hydrogens is 288 g/mol. The fraction of sp³-hybridized carbons (Fsp3) is 0.632. The maximum atomic E-state index is 10.9. The molecular formula is C19H28N2O2. The molecule has 0 unspecified atom stereocenters. The van der Waals surface area contributed by atoms with Gasteiger partial charge in [0.15, 0.2) is 0 Å². The van der Waals surface area contributed by atoms with E-state index in [2.05, 4.69) is 9.80 Å². The number of carbonyl (C=O) groups is 1. The van der Waals surface area contributed by atoms with Crippen LogP contribution in [0.4, 0.5) is 0 Å². The van der Waals surface area contributed by atoms with Crippen molar-refractivity contribution in [2.75, 3.05) is 32.7 Å². The van der Waals surface area contributed by atoms with Gasteiger partial charge in [0.1, 0.15) is 0 Å². The second-order valence-corrected chi connectivity index (χ2v) is 6.92. The monoisotopic (exact) mass is 316 g/mol. The van der Waals surface area contributed by atoms with E-state index in [0.717, 1.165) is 19.0 Å². The first-order valence-electron chi connectivity index (χ1n) is 9.01. The maximum Gasteiger partial charge on any atom is 0.335 e. The Morgan fingerprint density at radius 1 is 1.00 bits per heavy atom. The summed E-state index contributed by atoms with van der Waals surface area (Å²) in [6.45, 7) is 6.10. The first-order valence-corrected chi connectivity index (χ1v) is 9.01. The van der Waals surface area contributed by atoms with Crippen LogP contribution in [-0.4, -0.2) is 59.6 Å². The molecule has 2 fully saturated rings. The smallest absolute Gasteiger partial charge is 0.335 e. The highest BCUT2D eigenvalue weighted by Gasteiger charge is 2.25. The first kappa shape index (κ1) is 16.5. The van der Waals surface area contributed by atoms with Gasteiger partial charge in [0.2, 0.25) is 0 Å². The Morgan fingerprint density at radius 2 is 1.65 bits per heavy atom. The Hall–Kier alpha value is -1.39. The van der Waals surface area contributed by atoms with Gasteiger partial charge in [-0.1, -0.05) is 18.6 Å². The molecule has 23 heavy (non-hydrogen) atoms. The summed E-state index contributed by atoms with van der Waals surface area (Å²) >= 11 is 0. The standard InChI is InChI=1S/C19H28N2O2/c22-19(23)17-6-4-16(5-7-17)8-13-20-14-9-18(10-15-20)21-11-2-1-3-12-21/h4-7,18H,1-3,8-15H2,(H,22,23). The number of hydrogen-bond acceptors (Lipinski definition) is 3. The lowest BCUT2D eigenvalue weighted by atomic mass is 9.99. The highest BCUT2D eigenvalue weighted by atomic mass is 16.4. The molecule has 0 atom stereocenters. The zero-order chi connectivity index (χ0) is 16.1. The van der Waals surface area contributed by atoms with Crippen LogP contribution in [0.3, 0.4) is 0 Å². The zero-order valence-electron chi connectivity index (χ0n) is 13.9. The van der Waals surface area contributed by atoms with E-state index in [-0.39, 0.29) is 0 Å². The average Bonchev–Trinajstić information content (AvgIpc) is 2.61. The molecule has 2 aliphatic heterocycles. The minimum atomic E-state index is -0.851. The number of rotatable bonds is 5. The van der Waals surface area contributed by atoms with Crippen LogP contribution in [0.1, 0.15) is 48.0 Å². The van der Waals surface area contributed by atoms with Crippen molar-refractivity contribution >= 4 is 5.97 Å². The van der Waals surface area contributed by atoms with E-state index in [1.54, 1.807) is 12.1 Å². The third-order valence-electron chi connectivity index (χ3n) is 5.38. The minimum Gasteiger partial charge on any atom is -0.478 e. The molecule has 0 aliphatic carbocycles. The number of carboxylic acid groups (broad SMARTS) is 1. The molecule has 1 N–H and O–H groups in total. The lowest BCUT2D eigenvalue weighted by Crippen LogP contribution is -2.47. The largest absolute Gasteiger partial charge is 0.478 e. The second-order valence-electron chi connectivity index (χ2n) is 6.92. The molecule has 0 amide bonds. The van der Waals surface area contributed by atoms with Crippen LogP contribution >= 0.6 is 0 Å². The van der Waals surface area contributed by atoms with Crippen molar-refractivity contribution in [3.8, 4) is 0 Å². The molecule has 3 rings (SSSR count). The van der Waals surface area contributed by atoms with E-state index >= 15 is 0 Å². The summed E-state index contributed by atoms with van der Waals surface area (Å²) in [5, 5.41) is 8.93. The highest BCUT2D eigenvalue weighted by Crippen LogP contribution is 2.21. The molecule has 2 aliphatic rings. The first-order chi connectivity index (χ1) is 11.2. The Balaban J connectivity index is 1.41. The number of hydrogen-bond donors (Lipinski definition) is 1. The molecule has 0 spiro atoms. The van der Waals surface area contributed by atoms with Crippen molar-refractivity contribution in [1.82, 2.24) is 9.80 Å². The molecule has 2 heterocycles. The second kappa shape index (κ2) is 7.93. The van der Waals surface area contributed by atoms with Crippen LogP contribution in [0.2, 0.25) is 0 Å². The molecule has 2 saturated heterocycles. The van der Waals surface area contributed by atoms with Crippen molar-refractivity contribution < 1.29 is 9.90 Å². The van der Waals surface area contributed by atoms with E-state index < -0.39 is 5.97 Å². The fourth-order valence-electron chi connectivity index (χ4n) is 3.89. The van der Waals surface area contributed by atoms with Gasteiger partial charge >= 0.3 is 5.97 Å². The van der Waals surface area contributed by atoms with Crippen molar-refractivity contribution in [3.05, 3.63) is 35.4 Å². The Morgan fingerprint density at radius 3 is 2.26 bits per heavy atom. The van der Waals surface area contributed by atoms with Gasteiger partial charge < -0.3 is 14.9 Å². The average molecular weight is 316 g/mol. The van der Waals surface area contributed by atoms with Gasteiger partial charge in [-0.25, -0.2) is 4.79 Å². The van der Waals surface area contributed by atoms with E-state index in [1.165, 1.54) is 63.8 Å². The third kappa shape index (κ3) is 4.55. The van der Waals surface area contributed by atoms with Crippen LogP contribution in [0.5, 0.6) is 0 Å². The van der Waals surface area contributed by atoms with Crippen LogP contribution in [0.25, 0.3) is 0 Å². The van der Waals surface area contributed by atoms with Crippen molar-refractivity contribution in [3.63, 3.8) is 0 Å². The Bertz CT molecular complexity index is 501. The molecule has 0 aromatic heterocycles. The van der Waals surface area contributed by atoms with Gasteiger partial charge in [-0.15, -0.1) is 0 Å². The summed E-state index contributed by atoms with van der Waals surface area (Å²) in [6.07, 6.45) is 7.79. The van der Waals surface area contributed by atoms with E-state index in [0.29, 0.717) is 5.56 Å². The molecule has 0 radical (unpaired) electrons. The van der Waals surface area contributed by atoms with E-state index in [1.807, 2.05) is 12.1 Å². The third-order valence-corrected chi connectivity index (χ3v) is 5.38. The van der Waals surface area contributed by atoms with E-state index in [9.17, 15) is 4.79 Å².